The van der Waals surface area contributed by atoms with Crippen molar-refractivity contribution in [3.63, 3.8) is 0 Å². The average Bonchev–Trinajstić information content (AvgIpc) is 3.31. The molecule has 4 nitrogen and oxygen atoms in total. The maximum atomic E-state index is 6.34. The summed E-state index contributed by atoms with van der Waals surface area (Å²) in [6.07, 6.45) is 0. The van der Waals surface area contributed by atoms with Gasteiger partial charge < -0.3 is 9.15 Å². The van der Waals surface area contributed by atoms with Crippen LogP contribution in [0.3, 0.4) is 0 Å². The van der Waals surface area contributed by atoms with Gasteiger partial charge in [-0.1, -0.05) is 51.8 Å². The van der Waals surface area contributed by atoms with Crippen molar-refractivity contribution in [2.24, 2.45) is 4.99 Å². The second kappa shape index (κ2) is 9.51. The Morgan fingerprint density at radius 2 is 1.85 bits per heavy atom. The predicted molar refractivity (Wildman–Crippen MR) is 138 cm³/mol. The SMILES string of the molecule is CCOc1cccc2cc(-c3nc(-c4ccc(Cl)cc4)cs3)c(=Nc3ccc(Br)cc3)oc12. The molecule has 2 aromatic heterocycles. The molecule has 0 aliphatic carbocycles. The van der Waals surface area contributed by atoms with Crippen molar-refractivity contribution in [1.29, 1.82) is 0 Å². The van der Waals surface area contributed by atoms with Crippen LogP contribution in [0.2, 0.25) is 5.02 Å². The van der Waals surface area contributed by atoms with E-state index in [9.17, 15) is 0 Å². The molecule has 33 heavy (non-hydrogen) atoms. The summed E-state index contributed by atoms with van der Waals surface area (Å²) in [5.74, 6) is 0.690. The largest absolute Gasteiger partial charge is 0.490 e. The molecule has 0 saturated carbocycles. The van der Waals surface area contributed by atoms with Gasteiger partial charge in [-0.2, -0.15) is 0 Å². The molecule has 0 bridgehead atoms. The van der Waals surface area contributed by atoms with Crippen LogP contribution in [0.25, 0.3) is 32.8 Å². The smallest absolute Gasteiger partial charge is 0.230 e. The van der Waals surface area contributed by atoms with Crippen LogP contribution in [0, 0.1) is 0 Å². The first-order chi connectivity index (χ1) is 16.1. The van der Waals surface area contributed by atoms with Gasteiger partial charge in [-0.25, -0.2) is 9.98 Å². The standard InChI is InChI=1S/C26H18BrClN2O2S/c1-2-31-23-5-3-4-17-14-21(25(32-24(17)23)29-20-12-8-18(27)9-13-20)26-30-22(15-33-26)16-6-10-19(28)11-7-16/h3-15H,2H2,1H3. The maximum Gasteiger partial charge on any atom is 0.230 e. The van der Waals surface area contributed by atoms with Gasteiger partial charge in [0.25, 0.3) is 0 Å². The van der Waals surface area contributed by atoms with Gasteiger partial charge in [-0.15, -0.1) is 11.3 Å². The molecule has 3 aromatic carbocycles. The summed E-state index contributed by atoms with van der Waals surface area (Å²) in [4.78, 5) is 9.69. The number of hydrogen-bond donors (Lipinski definition) is 0. The van der Waals surface area contributed by atoms with Crippen LogP contribution in [-0.2, 0) is 0 Å². The van der Waals surface area contributed by atoms with E-state index in [0.29, 0.717) is 28.5 Å². The Bertz CT molecular complexity index is 1490. The molecule has 0 amide bonds. The number of thiazole rings is 1. The van der Waals surface area contributed by atoms with Crippen LogP contribution >= 0.6 is 38.9 Å². The van der Waals surface area contributed by atoms with Gasteiger partial charge in [0.05, 0.1) is 23.6 Å². The van der Waals surface area contributed by atoms with Gasteiger partial charge in [0.15, 0.2) is 11.3 Å². The van der Waals surface area contributed by atoms with E-state index >= 15 is 0 Å². The molecule has 0 unspecified atom stereocenters. The van der Waals surface area contributed by atoms with Crippen LogP contribution in [-0.4, -0.2) is 11.6 Å². The topological polar surface area (TPSA) is 47.6 Å². The number of hydrogen-bond acceptors (Lipinski definition) is 5. The number of nitrogens with zero attached hydrogens (tertiary/aromatic N) is 2. The van der Waals surface area contributed by atoms with Crippen molar-refractivity contribution in [2.75, 3.05) is 6.61 Å². The zero-order valence-electron chi connectivity index (χ0n) is 17.6. The lowest BCUT2D eigenvalue weighted by molar-refractivity contribution is 0.337. The highest BCUT2D eigenvalue weighted by atomic mass is 79.9. The van der Waals surface area contributed by atoms with Gasteiger partial charge in [-0.3, -0.25) is 0 Å². The van der Waals surface area contributed by atoms with Gasteiger partial charge in [0.2, 0.25) is 5.55 Å². The van der Waals surface area contributed by atoms with E-state index in [1.165, 1.54) is 0 Å². The van der Waals surface area contributed by atoms with Crippen LogP contribution in [0.15, 0.2) is 92.1 Å². The van der Waals surface area contributed by atoms with E-state index in [-0.39, 0.29) is 0 Å². The molecule has 0 saturated heterocycles. The molecule has 2 heterocycles. The molecule has 0 atom stereocenters. The molecule has 0 N–H and O–H groups in total. The van der Waals surface area contributed by atoms with E-state index in [1.807, 2.05) is 79.0 Å². The Balaban J connectivity index is 1.70. The third-order valence-electron chi connectivity index (χ3n) is 4.97. The zero-order valence-corrected chi connectivity index (χ0v) is 20.7. The summed E-state index contributed by atoms with van der Waals surface area (Å²) >= 11 is 11.1. The normalized spacial score (nSPS) is 11.8. The zero-order chi connectivity index (χ0) is 22.8. The minimum Gasteiger partial charge on any atom is -0.490 e. The van der Waals surface area contributed by atoms with Gasteiger partial charge >= 0.3 is 0 Å². The quantitative estimate of drug-likeness (QED) is 0.227. The number of fused-ring (bicyclic) bond motifs is 1. The lowest BCUT2D eigenvalue weighted by atomic mass is 10.1. The van der Waals surface area contributed by atoms with E-state index in [0.717, 1.165) is 37.4 Å². The van der Waals surface area contributed by atoms with Crippen molar-refractivity contribution >= 4 is 55.5 Å². The van der Waals surface area contributed by atoms with Crippen molar-refractivity contribution in [3.8, 4) is 27.6 Å². The number of aromatic nitrogens is 1. The first-order valence-electron chi connectivity index (χ1n) is 10.3. The third kappa shape index (κ3) is 4.74. The Hall–Kier alpha value is -2.93. The lowest BCUT2D eigenvalue weighted by Crippen LogP contribution is -2.06. The third-order valence-corrected chi connectivity index (χ3v) is 6.63. The van der Waals surface area contributed by atoms with Gasteiger partial charge in [0, 0.05) is 25.8 Å². The molecular formula is C26H18BrClN2O2S. The Labute approximate surface area is 208 Å². The van der Waals surface area contributed by atoms with Crippen LogP contribution in [0.4, 0.5) is 5.69 Å². The number of para-hydroxylation sites is 1. The van der Waals surface area contributed by atoms with Crippen LogP contribution in [0.5, 0.6) is 5.75 Å². The molecule has 0 spiro atoms. The van der Waals surface area contributed by atoms with E-state index in [1.54, 1.807) is 11.3 Å². The van der Waals surface area contributed by atoms with Crippen molar-refractivity contribution in [2.45, 2.75) is 6.92 Å². The fourth-order valence-corrected chi connectivity index (χ4v) is 4.64. The maximum absolute atomic E-state index is 6.34. The fraction of sp³-hybridized carbons (Fsp3) is 0.0769. The highest BCUT2D eigenvalue weighted by Gasteiger charge is 2.14. The highest BCUT2D eigenvalue weighted by Crippen LogP contribution is 2.32. The average molecular weight is 538 g/mol. The molecule has 0 radical (unpaired) electrons. The van der Waals surface area contributed by atoms with Crippen LogP contribution in [0.1, 0.15) is 6.92 Å². The number of ether oxygens (including phenoxy) is 1. The van der Waals surface area contributed by atoms with Gasteiger partial charge in [-0.05, 0) is 55.5 Å². The fourth-order valence-electron chi connectivity index (χ4n) is 3.41. The minimum atomic E-state index is 0.481. The molecule has 164 valence electrons. The Morgan fingerprint density at radius 3 is 2.61 bits per heavy atom. The Kier molecular flexibility index (Phi) is 6.31. The van der Waals surface area contributed by atoms with Crippen molar-refractivity contribution in [1.82, 2.24) is 4.98 Å². The van der Waals surface area contributed by atoms with Gasteiger partial charge in [0.1, 0.15) is 5.01 Å². The first kappa shape index (κ1) is 21.9. The number of rotatable bonds is 5. The summed E-state index contributed by atoms with van der Waals surface area (Å²) in [7, 11) is 0. The summed E-state index contributed by atoms with van der Waals surface area (Å²) in [6, 6.07) is 23.4. The molecule has 0 fully saturated rings. The van der Waals surface area contributed by atoms with Crippen molar-refractivity contribution < 1.29 is 9.15 Å². The molecular weight excluding hydrogens is 520 g/mol. The minimum absolute atomic E-state index is 0.481. The number of benzene rings is 3. The van der Waals surface area contributed by atoms with E-state index < -0.39 is 0 Å². The lowest BCUT2D eigenvalue weighted by Gasteiger charge is -2.08. The molecule has 0 aliphatic rings. The summed E-state index contributed by atoms with van der Waals surface area (Å²) in [5.41, 5.74) is 4.63. The monoisotopic (exact) mass is 536 g/mol. The molecule has 7 heteroatoms. The highest BCUT2D eigenvalue weighted by molar-refractivity contribution is 9.10. The first-order valence-corrected chi connectivity index (χ1v) is 12.4. The second-order valence-electron chi connectivity index (χ2n) is 7.21. The summed E-state index contributed by atoms with van der Waals surface area (Å²) in [5, 5.41) is 4.48. The summed E-state index contributed by atoms with van der Waals surface area (Å²) in [6.45, 7) is 2.50. The van der Waals surface area contributed by atoms with E-state index in [2.05, 4.69) is 22.0 Å². The number of halogens is 2. The van der Waals surface area contributed by atoms with Crippen molar-refractivity contribution in [3.05, 3.63) is 93.2 Å². The molecule has 5 rings (SSSR count). The van der Waals surface area contributed by atoms with E-state index in [4.69, 9.17) is 30.7 Å². The second-order valence-corrected chi connectivity index (χ2v) is 9.42. The summed E-state index contributed by atoms with van der Waals surface area (Å²) < 4.78 is 13.1. The molecule has 5 aromatic rings. The van der Waals surface area contributed by atoms with Crippen LogP contribution < -0.4 is 10.3 Å². The predicted octanol–water partition coefficient (Wildman–Crippen LogP) is 8.27. The molecule has 0 aliphatic heterocycles. The Morgan fingerprint density at radius 1 is 1.06 bits per heavy atom.